The molecule has 1 aromatic carbocycles. The summed E-state index contributed by atoms with van der Waals surface area (Å²) in [6.07, 6.45) is 1.08. The zero-order valence-electron chi connectivity index (χ0n) is 10.3. The van der Waals surface area contributed by atoms with Crippen LogP contribution in [0, 0.1) is 5.92 Å². The summed E-state index contributed by atoms with van der Waals surface area (Å²) in [4.78, 5) is 11.1. The fraction of sp³-hybridized carbons (Fsp3) is 0.417. The molecule has 3 N–H and O–H groups in total. The van der Waals surface area contributed by atoms with Gasteiger partial charge in [0.05, 0.1) is 10.8 Å². The number of carboxylic acids is 1. The number of hydrogen-bond donors (Lipinski definition) is 2. The van der Waals surface area contributed by atoms with Crippen LogP contribution in [0.25, 0.3) is 0 Å². The van der Waals surface area contributed by atoms with Crippen molar-refractivity contribution in [1.29, 1.82) is 0 Å². The normalized spacial score (nSPS) is 21.2. The average molecular weight is 284 g/mol. The predicted molar refractivity (Wildman–Crippen MR) is 70.0 cm³/mol. The van der Waals surface area contributed by atoms with Gasteiger partial charge in [-0.1, -0.05) is 0 Å². The molecule has 1 fully saturated rings. The highest BCUT2D eigenvalue weighted by Crippen LogP contribution is 2.24. The molecule has 1 aromatic rings. The topological polar surface area (TPSA) is 101 Å². The molecular formula is C12H16N2O4S. The van der Waals surface area contributed by atoms with E-state index in [-0.39, 0.29) is 11.4 Å². The highest BCUT2D eigenvalue weighted by Gasteiger charge is 2.33. The Morgan fingerprint density at radius 1 is 1.32 bits per heavy atom. The Bertz CT molecular complexity index is 568. The highest BCUT2D eigenvalue weighted by molar-refractivity contribution is 7.89. The van der Waals surface area contributed by atoms with Gasteiger partial charge in [-0.05, 0) is 37.1 Å². The maximum atomic E-state index is 12.4. The van der Waals surface area contributed by atoms with Gasteiger partial charge in [-0.2, -0.15) is 4.31 Å². The molecule has 0 radical (unpaired) electrons. The predicted octanol–water partition coefficient (Wildman–Crippen LogP) is 0.754. The highest BCUT2D eigenvalue weighted by atomic mass is 32.2. The summed E-state index contributed by atoms with van der Waals surface area (Å²) in [5.74, 6) is -1.57. The van der Waals surface area contributed by atoms with E-state index in [1.54, 1.807) is 0 Å². The molecule has 1 saturated heterocycles. The number of hydrogen-bond acceptors (Lipinski definition) is 4. The van der Waals surface area contributed by atoms with Crippen molar-refractivity contribution in [1.82, 2.24) is 4.31 Å². The number of nitrogens with zero attached hydrogens (tertiary/aromatic N) is 1. The molecule has 0 aromatic heterocycles. The first-order valence-electron chi connectivity index (χ1n) is 6.00. The zero-order valence-corrected chi connectivity index (χ0v) is 11.1. The second-order valence-electron chi connectivity index (χ2n) is 4.61. The van der Waals surface area contributed by atoms with Crippen LogP contribution >= 0.6 is 0 Å². The van der Waals surface area contributed by atoms with E-state index < -0.39 is 21.9 Å². The molecule has 0 unspecified atom stereocenters. The van der Waals surface area contributed by atoms with Gasteiger partial charge in [0.1, 0.15) is 0 Å². The maximum absolute atomic E-state index is 12.4. The van der Waals surface area contributed by atoms with Gasteiger partial charge < -0.3 is 10.8 Å². The Labute approximate surface area is 111 Å². The number of rotatable bonds is 3. The quantitative estimate of drug-likeness (QED) is 0.798. The number of sulfonamides is 1. The van der Waals surface area contributed by atoms with Gasteiger partial charge in [0.25, 0.3) is 0 Å². The summed E-state index contributed by atoms with van der Waals surface area (Å²) in [7, 11) is -3.63. The minimum Gasteiger partial charge on any atom is -0.481 e. The van der Waals surface area contributed by atoms with Gasteiger partial charge in [0.2, 0.25) is 10.0 Å². The Morgan fingerprint density at radius 2 is 1.95 bits per heavy atom. The first kappa shape index (κ1) is 13.8. The number of nitrogen functional groups attached to an aromatic ring is 1. The van der Waals surface area contributed by atoms with E-state index in [4.69, 9.17) is 10.8 Å². The summed E-state index contributed by atoms with van der Waals surface area (Å²) in [5.41, 5.74) is 6.01. The van der Waals surface area contributed by atoms with Crippen LogP contribution in [-0.2, 0) is 14.8 Å². The molecule has 0 bridgehead atoms. The lowest BCUT2D eigenvalue weighted by atomic mass is 10.0. The fourth-order valence-corrected chi connectivity index (χ4v) is 3.67. The number of aliphatic carboxylic acids is 1. The lowest BCUT2D eigenvalue weighted by Gasteiger charge is -2.29. The van der Waals surface area contributed by atoms with Crippen molar-refractivity contribution in [2.75, 3.05) is 18.8 Å². The van der Waals surface area contributed by atoms with E-state index in [1.807, 2.05) is 0 Å². The van der Waals surface area contributed by atoms with Crippen molar-refractivity contribution in [2.24, 2.45) is 5.92 Å². The van der Waals surface area contributed by atoms with Gasteiger partial charge in [-0.15, -0.1) is 0 Å². The number of piperidine rings is 1. The summed E-state index contributed by atoms with van der Waals surface area (Å²) >= 11 is 0. The van der Waals surface area contributed by atoms with Crippen LogP contribution in [0.1, 0.15) is 12.8 Å². The van der Waals surface area contributed by atoms with Gasteiger partial charge in [0, 0.05) is 18.8 Å². The molecule has 1 heterocycles. The van der Waals surface area contributed by atoms with E-state index in [0.29, 0.717) is 25.1 Å². The number of nitrogens with two attached hydrogens (primary N) is 1. The van der Waals surface area contributed by atoms with E-state index in [2.05, 4.69) is 0 Å². The van der Waals surface area contributed by atoms with Crippen molar-refractivity contribution >= 4 is 21.7 Å². The summed E-state index contributed by atoms with van der Waals surface area (Å²) in [6, 6.07) is 5.92. The van der Waals surface area contributed by atoms with Crippen LogP contribution in [-0.4, -0.2) is 36.9 Å². The Morgan fingerprint density at radius 3 is 2.53 bits per heavy atom. The standard InChI is InChI=1S/C12H16N2O4S/c13-10-3-5-11(6-4-10)19(17,18)14-7-1-2-9(8-14)12(15)16/h3-6,9H,1-2,7-8,13H2,(H,15,16)/t9-/m1/s1. The van der Waals surface area contributed by atoms with Crippen LogP contribution in [0.3, 0.4) is 0 Å². The molecule has 7 heteroatoms. The van der Waals surface area contributed by atoms with Crippen molar-refractivity contribution < 1.29 is 18.3 Å². The third kappa shape index (κ3) is 2.87. The molecule has 0 aliphatic carbocycles. The molecule has 104 valence electrons. The van der Waals surface area contributed by atoms with E-state index in [9.17, 15) is 13.2 Å². The van der Waals surface area contributed by atoms with Crippen LogP contribution in [0.5, 0.6) is 0 Å². The molecule has 2 rings (SSSR count). The summed E-state index contributed by atoms with van der Waals surface area (Å²) < 4.78 is 26.0. The molecule has 0 amide bonds. The van der Waals surface area contributed by atoms with E-state index in [0.717, 1.165) is 0 Å². The number of benzene rings is 1. The lowest BCUT2D eigenvalue weighted by Crippen LogP contribution is -2.42. The van der Waals surface area contributed by atoms with Crippen LogP contribution in [0.4, 0.5) is 5.69 Å². The molecule has 19 heavy (non-hydrogen) atoms. The van der Waals surface area contributed by atoms with Crippen molar-refractivity contribution in [3.05, 3.63) is 24.3 Å². The Hall–Kier alpha value is -1.60. The van der Waals surface area contributed by atoms with Crippen molar-refractivity contribution in [3.8, 4) is 0 Å². The van der Waals surface area contributed by atoms with Crippen molar-refractivity contribution in [3.63, 3.8) is 0 Å². The Balaban J connectivity index is 2.24. The molecule has 1 aliphatic rings. The van der Waals surface area contributed by atoms with Crippen molar-refractivity contribution in [2.45, 2.75) is 17.7 Å². The number of anilines is 1. The maximum Gasteiger partial charge on any atom is 0.307 e. The number of carboxylic acid groups (broad SMARTS) is 1. The smallest absolute Gasteiger partial charge is 0.307 e. The number of carbonyl (C=O) groups is 1. The molecule has 1 aliphatic heterocycles. The second kappa shape index (κ2) is 5.18. The zero-order chi connectivity index (χ0) is 14.0. The minimum atomic E-state index is -3.63. The molecule has 0 saturated carbocycles. The Kier molecular flexibility index (Phi) is 3.77. The molecular weight excluding hydrogens is 268 g/mol. The van der Waals surface area contributed by atoms with E-state index >= 15 is 0 Å². The fourth-order valence-electron chi connectivity index (χ4n) is 2.15. The second-order valence-corrected chi connectivity index (χ2v) is 6.55. The summed E-state index contributed by atoms with van der Waals surface area (Å²) in [6.45, 7) is 0.387. The molecule has 1 atom stereocenters. The van der Waals surface area contributed by atoms with Gasteiger partial charge in [-0.3, -0.25) is 4.79 Å². The third-order valence-corrected chi connectivity index (χ3v) is 5.13. The van der Waals surface area contributed by atoms with Crippen LogP contribution < -0.4 is 5.73 Å². The monoisotopic (exact) mass is 284 g/mol. The lowest BCUT2D eigenvalue weighted by molar-refractivity contribution is -0.142. The molecule has 6 nitrogen and oxygen atoms in total. The van der Waals surface area contributed by atoms with Crippen LogP contribution in [0.15, 0.2) is 29.2 Å². The first-order valence-corrected chi connectivity index (χ1v) is 7.44. The third-order valence-electron chi connectivity index (χ3n) is 3.25. The average Bonchev–Trinajstić information content (AvgIpc) is 2.39. The van der Waals surface area contributed by atoms with Crippen LogP contribution in [0.2, 0.25) is 0 Å². The van der Waals surface area contributed by atoms with Gasteiger partial charge in [0.15, 0.2) is 0 Å². The first-order chi connectivity index (χ1) is 8.91. The minimum absolute atomic E-state index is 0.0298. The molecule has 0 spiro atoms. The largest absolute Gasteiger partial charge is 0.481 e. The van der Waals surface area contributed by atoms with Gasteiger partial charge in [-0.25, -0.2) is 8.42 Å². The SMILES string of the molecule is Nc1ccc(S(=O)(=O)N2CCC[C@@H](C(=O)O)C2)cc1. The van der Waals surface area contributed by atoms with E-state index in [1.165, 1.54) is 28.6 Å². The summed E-state index contributed by atoms with van der Waals surface area (Å²) in [5, 5.41) is 8.99. The van der Waals surface area contributed by atoms with Gasteiger partial charge >= 0.3 is 5.97 Å².